The molecule has 108 valence electrons. The van der Waals surface area contributed by atoms with Crippen molar-refractivity contribution in [3.05, 3.63) is 34.9 Å². The number of aryl methyl sites for hydroxylation is 1. The molecule has 0 saturated carbocycles. The van der Waals surface area contributed by atoms with Crippen LogP contribution in [-0.2, 0) is 4.74 Å². The Kier molecular flexibility index (Phi) is 6.78. The lowest BCUT2D eigenvalue weighted by atomic mass is 10.0. The van der Waals surface area contributed by atoms with Gasteiger partial charge in [0, 0.05) is 18.7 Å². The number of benzene rings is 1. The molecule has 1 aromatic rings. The molecule has 0 heterocycles. The standard InChI is InChI=1S/C16H21NO3/c1-4-20-13(3)11-17-16(19)15-8-7-12(2)10-14(15)6-5-9-18/h7-8,10,13,18H,4,9,11H2,1-3H3,(H,17,19). The molecule has 2 N–H and O–H groups in total. The molecule has 0 fully saturated rings. The zero-order chi connectivity index (χ0) is 15.0. The van der Waals surface area contributed by atoms with Crippen molar-refractivity contribution in [2.24, 2.45) is 0 Å². The second-order valence-corrected chi connectivity index (χ2v) is 4.48. The minimum Gasteiger partial charge on any atom is -0.384 e. The molecule has 0 saturated heterocycles. The number of hydrogen-bond donors (Lipinski definition) is 2. The van der Waals surface area contributed by atoms with Gasteiger partial charge in [0.15, 0.2) is 0 Å². The van der Waals surface area contributed by atoms with E-state index >= 15 is 0 Å². The summed E-state index contributed by atoms with van der Waals surface area (Å²) in [6.45, 7) is 6.60. The Labute approximate surface area is 120 Å². The normalized spacial score (nSPS) is 11.4. The maximum Gasteiger partial charge on any atom is 0.252 e. The number of carbonyl (C=O) groups excluding carboxylic acids is 1. The van der Waals surface area contributed by atoms with E-state index in [-0.39, 0.29) is 18.6 Å². The highest BCUT2D eigenvalue weighted by Crippen LogP contribution is 2.11. The minimum atomic E-state index is -0.226. The lowest BCUT2D eigenvalue weighted by molar-refractivity contribution is 0.0695. The number of ether oxygens (including phenoxy) is 1. The van der Waals surface area contributed by atoms with Crippen molar-refractivity contribution in [2.75, 3.05) is 19.8 Å². The van der Waals surface area contributed by atoms with Crippen LogP contribution in [0.15, 0.2) is 18.2 Å². The second-order valence-electron chi connectivity index (χ2n) is 4.48. The van der Waals surface area contributed by atoms with Crippen LogP contribution in [-0.4, -0.2) is 36.9 Å². The first-order valence-electron chi connectivity index (χ1n) is 6.68. The lowest BCUT2D eigenvalue weighted by Crippen LogP contribution is -2.32. The number of hydrogen-bond acceptors (Lipinski definition) is 3. The lowest BCUT2D eigenvalue weighted by Gasteiger charge is -2.13. The zero-order valence-corrected chi connectivity index (χ0v) is 12.2. The molecule has 0 spiro atoms. The van der Waals surface area contributed by atoms with Crippen molar-refractivity contribution >= 4 is 5.91 Å². The Bertz CT molecular complexity index is 514. The van der Waals surface area contributed by atoms with Crippen LogP contribution in [0.3, 0.4) is 0 Å². The third-order valence-electron chi connectivity index (χ3n) is 2.72. The van der Waals surface area contributed by atoms with Gasteiger partial charge < -0.3 is 15.2 Å². The Morgan fingerprint density at radius 2 is 2.25 bits per heavy atom. The quantitative estimate of drug-likeness (QED) is 0.801. The molecule has 1 unspecified atom stereocenters. The smallest absolute Gasteiger partial charge is 0.252 e. The topological polar surface area (TPSA) is 58.6 Å². The summed E-state index contributed by atoms with van der Waals surface area (Å²) in [5.74, 6) is 5.20. The first kappa shape index (κ1) is 16.2. The van der Waals surface area contributed by atoms with Crippen molar-refractivity contribution < 1.29 is 14.6 Å². The average Bonchev–Trinajstić information content (AvgIpc) is 2.43. The van der Waals surface area contributed by atoms with Gasteiger partial charge in [-0.25, -0.2) is 0 Å². The van der Waals surface area contributed by atoms with Crippen LogP contribution in [0.5, 0.6) is 0 Å². The third-order valence-corrected chi connectivity index (χ3v) is 2.72. The van der Waals surface area contributed by atoms with Crippen molar-refractivity contribution in [1.82, 2.24) is 5.32 Å². The SMILES string of the molecule is CCOC(C)CNC(=O)c1ccc(C)cc1C#CCO. The molecule has 20 heavy (non-hydrogen) atoms. The first-order chi connectivity index (χ1) is 9.58. The van der Waals surface area contributed by atoms with E-state index in [9.17, 15) is 4.79 Å². The van der Waals surface area contributed by atoms with E-state index in [0.717, 1.165) is 5.56 Å². The van der Waals surface area contributed by atoms with E-state index in [0.29, 0.717) is 24.3 Å². The number of aliphatic hydroxyl groups excluding tert-OH is 1. The number of nitrogens with one attached hydrogen (secondary N) is 1. The highest BCUT2D eigenvalue weighted by Gasteiger charge is 2.11. The molecule has 1 atom stereocenters. The summed E-state index contributed by atoms with van der Waals surface area (Å²) in [6.07, 6.45) is -0.0265. The van der Waals surface area contributed by atoms with Crippen molar-refractivity contribution in [2.45, 2.75) is 26.9 Å². The van der Waals surface area contributed by atoms with Crippen molar-refractivity contribution in [3.8, 4) is 11.8 Å². The summed E-state index contributed by atoms with van der Waals surface area (Å²) in [6, 6.07) is 5.45. The number of aliphatic hydroxyl groups is 1. The van der Waals surface area contributed by atoms with Crippen molar-refractivity contribution in [3.63, 3.8) is 0 Å². The molecule has 1 aromatic carbocycles. The van der Waals surface area contributed by atoms with Crippen LogP contribution in [0.1, 0.15) is 35.3 Å². The fourth-order valence-electron chi connectivity index (χ4n) is 1.77. The zero-order valence-electron chi connectivity index (χ0n) is 12.2. The molecular formula is C16H21NO3. The summed E-state index contributed by atoms with van der Waals surface area (Å²) >= 11 is 0. The molecule has 0 bridgehead atoms. The van der Waals surface area contributed by atoms with Gasteiger partial charge in [0.25, 0.3) is 5.91 Å². The van der Waals surface area contributed by atoms with Gasteiger partial charge in [0.1, 0.15) is 6.61 Å². The predicted molar refractivity (Wildman–Crippen MR) is 78.6 cm³/mol. The number of carbonyl (C=O) groups is 1. The molecule has 1 amide bonds. The average molecular weight is 275 g/mol. The summed E-state index contributed by atoms with van der Waals surface area (Å²) < 4.78 is 5.37. The summed E-state index contributed by atoms with van der Waals surface area (Å²) in [7, 11) is 0. The second kappa shape index (κ2) is 8.36. The Balaban J connectivity index is 2.81. The highest BCUT2D eigenvalue weighted by atomic mass is 16.5. The highest BCUT2D eigenvalue weighted by molar-refractivity contribution is 5.96. The number of amides is 1. The Morgan fingerprint density at radius 3 is 2.90 bits per heavy atom. The largest absolute Gasteiger partial charge is 0.384 e. The van der Waals surface area contributed by atoms with Gasteiger partial charge in [-0.15, -0.1) is 0 Å². The first-order valence-corrected chi connectivity index (χ1v) is 6.68. The van der Waals surface area contributed by atoms with Gasteiger partial charge in [-0.05, 0) is 38.5 Å². The van der Waals surface area contributed by atoms with Crippen LogP contribution in [0.2, 0.25) is 0 Å². The minimum absolute atomic E-state index is 0.0265. The molecule has 4 heteroatoms. The van der Waals surface area contributed by atoms with Gasteiger partial charge in [-0.2, -0.15) is 0 Å². The maximum atomic E-state index is 12.2. The van der Waals surface area contributed by atoms with E-state index in [1.807, 2.05) is 32.9 Å². The fourth-order valence-corrected chi connectivity index (χ4v) is 1.77. The summed E-state index contributed by atoms with van der Waals surface area (Å²) in [5, 5.41) is 11.6. The van der Waals surface area contributed by atoms with Crippen LogP contribution in [0.4, 0.5) is 0 Å². The molecule has 0 aliphatic rings. The van der Waals surface area contributed by atoms with E-state index in [1.54, 1.807) is 6.07 Å². The Hall–Kier alpha value is -1.83. The summed E-state index contributed by atoms with van der Waals surface area (Å²) in [5.41, 5.74) is 2.16. The van der Waals surface area contributed by atoms with Gasteiger partial charge in [0.2, 0.25) is 0 Å². The van der Waals surface area contributed by atoms with Gasteiger partial charge >= 0.3 is 0 Å². The van der Waals surface area contributed by atoms with E-state index < -0.39 is 0 Å². The van der Waals surface area contributed by atoms with Crippen LogP contribution in [0, 0.1) is 18.8 Å². The van der Waals surface area contributed by atoms with Gasteiger partial charge in [-0.1, -0.05) is 17.9 Å². The molecule has 0 aliphatic carbocycles. The van der Waals surface area contributed by atoms with Crippen LogP contribution in [0.25, 0.3) is 0 Å². The van der Waals surface area contributed by atoms with Gasteiger partial charge in [-0.3, -0.25) is 4.79 Å². The molecule has 0 radical (unpaired) electrons. The monoisotopic (exact) mass is 275 g/mol. The van der Waals surface area contributed by atoms with E-state index in [1.165, 1.54) is 0 Å². The molecular weight excluding hydrogens is 254 g/mol. The molecule has 1 rings (SSSR count). The maximum absolute atomic E-state index is 12.2. The predicted octanol–water partition coefficient (Wildman–Crippen LogP) is 1.49. The number of rotatable bonds is 5. The molecule has 0 aromatic heterocycles. The van der Waals surface area contributed by atoms with Crippen molar-refractivity contribution in [1.29, 1.82) is 0 Å². The van der Waals surface area contributed by atoms with E-state index in [2.05, 4.69) is 17.2 Å². The molecule has 4 nitrogen and oxygen atoms in total. The van der Waals surface area contributed by atoms with Gasteiger partial charge in [0.05, 0.1) is 11.7 Å². The summed E-state index contributed by atoms with van der Waals surface area (Å²) in [4.78, 5) is 12.2. The fraction of sp³-hybridized carbons (Fsp3) is 0.438. The third kappa shape index (κ3) is 5.04. The van der Waals surface area contributed by atoms with Crippen LogP contribution < -0.4 is 5.32 Å². The van der Waals surface area contributed by atoms with E-state index in [4.69, 9.17) is 9.84 Å². The molecule has 0 aliphatic heterocycles. The van der Waals surface area contributed by atoms with Crippen LogP contribution >= 0.6 is 0 Å². The Morgan fingerprint density at radius 1 is 1.50 bits per heavy atom.